The van der Waals surface area contributed by atoms with E-state index in [0.29, 0.717) is 45.5 Å². The van der Waals surface area contributed by atoms with Gasteiger partial charge in [-0.1, -0.05) is 15.9 Å². The molecule has 0 radical (unpaired) electrons. The Morgan fingerprint density at radius 1 is 1.30 bits per heavy atom. The van der Waals surface area contributed by atoms with Crippen molar-refractivity contribution in [2.24, 2.45) is 0 Å². The van der Waals surface area contributed by atoms with Crippen molar-refractivity contribution in [1.82, 2.24) is 14.6 Å². The van der Waals surface area contributed by atoms with Gasteiger partial charge in [0.2, 0.25) is 11.7 Å². The summed E-state index contributed by atoms with van der Waals surface area (Å²) in [5, 5.41) is 16.4. The van der Waals surface area contributed by atoms with Crippen molar-refractivity contribution in [3.05, 3.63) is 23.9 Å². The molecule has 140 valence electrons. The number of ether oxygens (including phenoxy) is 3. The van der Waals surface area contributed by atoms with E-state index in [1.165, 1.54) is 32.0 Å². The smallest absolute Gasteiger partial charge is 0.236 e. The number of fused-ring (bicyclic) bond motifs is 1. The number of anilines is 1. The summed E-state index contributed by atoms with van der Waals surface area (Å²) in [6.07, 6.45) is 1.43. The van der Waals surface area contributed by atoms with Gasteiger partial charge in [0.15, 0.2) is 23.0 Å². The number of aromatic nitrogens is 3. The number of halogens is 1. The summed E-state index contributed by atoms with van der Waals surface area (Å²) in [6, 6.07) is 5.54. The number of nitriles is 1. The Morgan fingerprint density at radius 3 is 2.48 bits per heavy atom. The van der Waals surface area contributed by atoms with E-state index in [-0.39, 0.29) is 11.2 Å². The quantitative estimate of drug-likeness (QED) is 0.577. The van der Waals surface area contributed by atoms with Crippen LogP contribution in [0.5, 0.6) is 17.2 Å². The zero-order chi connectivity index (χ0) is 19.6. The van der Waals surface area contributed by atoms with Crippen LogP contribution in [0.15, 0.2) is 18.3 Å². The molecule has 3 rings (SSSR count). The topological polar surface area (TPSA) is 114 Å². The first kappa shape index (κ1) is 18.6. The van der Waals surface area contributed by atoms with Gasteiger partial charge in [-0.05, 0) is 12.1 Å². The average Bonchev–Trinajstić information content (AvgIpc) is 3.26. The Hall–Kier alpha value is -3.19. The normalized spacial score (nSPS) is 10.5. The number of amides is 1. The maximum Gasteiger partial charge on any atom is 0.236 e. The number of nitrogens with one attached hydrogen (secondary N) is 2. The van der Waals surface area contributed by atoms with Crippen LogP contribution in [0.1, 0.15) is 5.56 Å². The predicted molar refractivity (Wildman–Crippen MR) is 102 cm³/mol. The van der Waals surface area contributed by atoms with Gasteiger partial charge in [-0.3, -0.25) is 4.79 Å². The molecule has 0 saturated heterocycles. The Kier molecular flexibility index (Phi) is 5.23. The zero-order valence-corrected chi connectivity index (χ0v) is 16.4. The first-order chi connectivity index (χ1) is 13.1. The van der Waals surface area contributed by atoms with Crippen LogP contribution in [-0.2, 0) is 4.79 Å². The molecule has 0 fully saturated rings. The third-order valence-corrected chi connectivity index (χ3v) is 4.42. The standard InChI is InChI=1S/C17H16BrN5O4/c1-25-11-4-9(5-12(26-2)15(11)27-3)14-17(21-13(24)6-18)23-16(22-14)10(7-19)8-20-23/h4-5,8,22H,6H2,1-3H3,(H,21,24). The number of nitrogens with zero attached hydrogens (tertiary/aromatic N) is 3. The molecule has 1 amide bonds. The number of benzene rings is 1. The van der Waals surface area contributed by atoms with Crippen LogP contribution in [0.3, 0.4) is 0 Å². The van der Waals surface area contributed by atoms with E-state index in [4.69, 9.17) is 14.2 Å². The minimum absolute atomic E-state index is 0.112. The lowest BCUT2D eigenvalue weighted by atomic mass is 10.1. The minimum atomic E-state index is -0.265. The predicted octanol–water partition coefficient (Wildman–Crippen LogP) is 2.56. The summed E-state index contributed by atoms with van der Waals surface area (Å²) in [5.41, 5.74) is 2.01. The number of carbonyl (C=O) groups excluding carboxylic acids is 1. The molecule has 10 heteroatoms. The number of carbonyl (C=O) groups is 1. The summed E-state index contributed by atoms with van der Waals surface area (Å²) in [5.74, 6) is 1.49. The SMILES string of the molecule is COc1cc(-c2[nH]c3c(C#N)cnn3c2NC(=O)CBr)cc(OC)c1OC. The number of aromatic amines is 1. The Morgan fingerprint density at radius 2 is 1.96 bits per heavy atom. The molecule has 0 aliphatic carbocycles. The fourth-order valence-electron chi connectivity index (χ4n) is 2.72. The molecule has 0 spiro atoms. The largest absolute Gasteiger partial charge is 0.493 e. The van der Waals surface area contributed by atoms with Crippen molar-refractivity contribution >= 4 is 33.3 Å². The number of rotatable bonds is 6. The highest BCUT2D eigenvalue weighted by Gasteiger charge is 2.22. The monoisotopic (exact) mass is 433 g/mol. The number of methoxy groups -OCH3 is 3. The highest BCUT2D eigenvalue weighted by Crippen LogP contribution is 2.42. The average molecular weight is 434 g/mol. The van der Waals surface area contributed by atoms with Crippen molar-refractivity contribution in [2.45, 2.75) is 0 Å². The molecule has 0 saturated carbocycles. The van der Waals surface area contributed by atoms with Crippen molar-refractivity contribution in [2.75, 3.05) is 32.0 Å². The van der Waals surface area contributed by atoms with Gasteiger partial charge in [0.05, 0.1) is 38.6 Å². The molecule has 0 unspecified atom stereocenters. The molecule has 27 heavy (non-hydrogen) atoms. The maximum absolute atomic E-state index is 12.0. The summed E-state index contributed by atoms with van der Waals surface area (Å²) >= 11 is 3.13. The van der Waals surface area contributed by atoms with Crippen molar-refractivity contribution < 1.29 is 19.0 Å². The van der Waals surface area contributed by atoms with E-state index in [0.717, 1.165) is 0 Å². The van der Waals surface area contributed by atoms with Crippen LogP contribution in [0.25, 0.3) is 16.9 Å². The molecule has 0 atom stereocenters. The van der Waals surface area contributed by atoms with E-state index in [1.807, 2.05) is 0 Å². The first-order valence-corrected chi connectivity index (χ1v) is 8.86. The van der Waals surface area contributed by atoms with Crippen molar-refractivity contribution in [1.29, 1.82) is 5.26 Å². The molecule has 2 N–H and O–H groups in total. The number of alkyl halides is 1. The third kappa shape index (κ3) is 3.17. The molecule has 2 heterocycles. The van der Waals surface area contributed by atoms with Gasteiger partial charge >= 0.3 is 0 Å². The summed E-state index contributed by atoms with van der Waals surface area (Å²) < 4.78 is 17.6. The Balaban J connectivity index is 2.27. The van der Waals surface area contributed by atoms with Crippen molar-refractivity contribution in [3.63, 3.8) is 0 Å². The maximum atomic E-state index is 12.0. The van der Waals surface area contributed by atoms with Crippen LogP contribution < -0.4 is 19.5 Å². The summed E-state index contributed by atoms with van der Waals surface area (Å²) in [6.45, 7) is 0. The van der Waals surface area contributed by atoms with Crippen LogP contribution in [0.4, 0.5) is 5.82 Å². The van der Waals surface area contributed by atoms with Crippen molar-refractivity contribution in [3.8, 4) is 34.6 Å². The number of H-pyrrole nitrogens is 1. The second-order valence-electron chi connectivity index (χ2n) is 5.37. The van der Waals surface area contributed by atoms with Crippen LogP contribution in [0.2, 0.25) is 0 Å². The van der Waals surface area contributed by atoms with Crippen LogP contribution in [-0.4, -0.2) is 47.2 Å². The molecular formula is C17H16BrN5O4. The van der Waals surface area contributed by atoms with Crippen LogP contribution >= 0.6 is 15.9 Å². The van der Waals surface area contributed by atoms with Gasteiger partial charge in [-0.25, -0.2) is 0 Å². The minimum Gasteiger partial charge on any atom is -0.493 e. The lowest BCUT2D eigenvalue weighted by molar-refractivity contribution is -0.113. The Labute approximate surface area is 163 Å². The molecular weight excluding hydrogens is 418 g/mol. The second kappa shape index (κ2) is 7.59. The molecule has 3 aromatic rings. The van der Waals surface area contributed by atoms with E-state index in [1.54, 1.807) is 12.1 Å². The van der Waals surface area contributed by atoms with E-state index < -0.39 is 0 Å². The highest BCUT2D eigenvalue weighted by atomic mass is 79.9. The van der Waals surface area contributed by atoms with E-state index in [9.17, 15) is 10.1 Å². The molecule has 0 bridgehead atoms. The molecule has 1 aromatic carbocycles. The van der Waals surface area contributed by atoms with Gasteiger partial charge in [0, 0.05) is 5.56 Å². The summed E-state index contributed by atoms with van der Waals surface area (Å²) in [4.78, 5) is 15.1. The second-order valence-corrected chi connectivity index (χ2v) is 5.94. The Bertz CT molecular complexity index is 1020. The van der Waals surface area contributed by atoms with Gasteiger partial charge in [0.1, 0.15) is 11.6 Å². The first-order valence-electron chi connectivity index (χ1n) is 7.73. The number of hydrogen-bond donors (Lipinski definition) is 2. The molecule has 9 nitrogen and oxygen atoms in total. The zero-order valence-electron chi connectivity index (χ0n) is 14.8. The summed E-state index contributed by atoms with van der Waals surface area (Å²) in [7, 11) is 4.55. The lowest BCUT2D eigenvalue weighted by Crippen LogP contribution is -2.14. The fourth-order valence-corrected chi connectivity index (χ4v) is 2.86. The van der Waals surface area contributed by atoms with E-state index in [2.05, 4.69) is 37.4 Å². The van der Waals surface area contributed by atoms with Gasteiger partial charge < -0.3 is 24.5 Å². The van der Waals surface area contributed by atoms with Gasteiger partial charge in [-0.2, -0.15) is 14.9 Å². The van der Waals surface area contributed by atoms with E-state index >= 15 is 0 Å². The van der Waals surface area contributed by atoms with Crippen LogP contribution in [0, 0.1) is 11.3 Å². The third-order valence-electron chi connectivity index (χ3n) is 3.91. The number of hydrogen-bond acceptors (Lipinski definition) is 6. The van der Waals surface area contributed by atoms with Gasteiger partial charge in [0.25, 0.3) is 0 Å². The highest BCUT2D eigenvalue weighted by molar-refractivity contribution is 9.09. The lowest BCUT2D eigenvalue weighted by Gasteiger charge is -2.14. The number of imidazole rings is 1. The molecule has 2 aromatic heterocycles. The molecule has 0 aliphatic heterocycles. The molecule has 0 aliphatic rings. The fraction of sp³-hybridized carbons (Fsp3) is 0.235. The van der Waals surface area contributed by atoms with Gasteiger partial charge in [-0.15, -0.1) is 0 Å².